The largest absolute Gasteiger partial charge is 0.389 e. The summed E-state index contributed by atoms with van der Waals surface area (Å²) < 4.78 is 5.31. The number of nitrogens with one attached hydrogen (secondary N) is 1. The number of hydrogen-bond acceptors (Lipinski definition) is 3. The van der Waals surface area contributed by atoms with Gasteiger partial charge in [-0.05, 0) is 31.0 Å². The Labute approximate surface area is 111 Å². The van der Waals surface area contributed by atoms with Crippen molar-refractivity contribution in [2.45, 2.75) is 18.9 Å². The standard InChI is InChI=1S/C12H15ClN2OS/c13-10-7-8(12(14)17)1-2-11(10)15-9-3-5-16-6-4-9/h1-2,7,9,15H,3-6H2,(H2,14,17). The molecule has 1 aliphatic rings. The fourth-order valence-corrected chi connectivity index (χ4v) is 2.21. The molecule has 1 aliphatic heterocycles. The summed E-state index contributed by atoms with van der Waals surface area (Å²) in [5.41, 5.74) is 7.28. The van der Waals surface area contributed by atoms with Crippen LogP contribution in [0.3, 0.4) is 0 Å². The third-order valence-electron chi connectivity index (χ3n) is 2.83. The van der Waals surface area contributed by atoms with Crippen LogP contribution in [0, 0.1) is 0 Å². The predicted molar refractivity (Wildman–Crippen MR) is 74.8 cm³/mol. The van der Waals surface area contributed by atoms with Crippen molar-refractivity contribution in [1.82, 2.24) is 0 Å². The minimum absolute atomic E-state index is 0.365. The zero-order valence-corrected chi connectivity index (χ0v) is 11.0. The number of ether oxygens (including phenoxy) is 1. The lowest BCUT2D eigenvalue weighted by Crippen LogP contribution is -2.28. The molecule has 1 saturated heterocycles. The molecule has 3 nitrogen and oxygen atoms in total. The Balaban J connectivity index is 2.08. The summed E-state index contributed by atoms with van der Waals surface area (Å²) in [7, 11) is 0. The van der Waals surface area contributed by atoms with Gasteiger partial charge >= 0.3 is 0 Å². The Morgan fingerprint density at radius 2 is 2.12 bits per heavy atom. The van der Waals surface area contributed by atoms with Gasteiger partial charge in [-0.15, -0.1) is 0 Å². The van der Waals surface area contributed by atoms with Gasteiger partial charge in [-0.2, -0.15) is 0 Å². The average molecular weight is 271 g/mol. The Morgan fingerprint density at radius 3 is 2.71 bits per heavy atom. The molecule has 0 amide bonds. The number of thiocarbonyl (C=S) groups is 1. The minimum atomic E-state index is 0.365. The van der Waals surface area contributed by atoms with Crippen LogP contribution in [0.15, 0.2) is 18.2 Å². The number of nitrogens with two attached hydrogens (primary N) is 1. The maximum atomic E-state index is 6.18. The van der Waals surface area contributed by atoms with Crippen LogP contribution >= 0.6 is 23.8 Å². The van der Waals surface area contributed by atoms with Gasteiger partial charge in [-0.25, -0.2) is 0 Å². The minimum Gasteiger partial charge on any atom is -0.389 e. The molecule has 0 spiro atoms. The lowest BCUT2D eigenvalue weighted by atomic mass is 10.1. The van der Waals surface area contributed by atoms with Gasteiger partial charge in [0, 0.05) is 24.8 Å². The second-order valence-corrected chi connectivity index (χ2v) is 4.94. The summed E-state index contributed by atoms with van der Waals surface area (Å²) in [4.78, 5) is 0.365. The molecule has 0 radical (unpaired) electrons. The number of hydrogen-bond donors (Lipinski definition) is 2. The highest BCUT2D eigenvalue weighted by atomic mass is 35.5. The van der Waals surface area contributed by atoms with Crippen LogP contribution < -0.4 is 11.1 Å². The first-order valence-electron chi connectivity index (χ1n) is 5.60. The molecule has 2 rings (SSSR count). The van der Waals surface area contributed by atoms with Gasteiger partial charge in [0.2, 0.25) is 0 Å². The Kier molecular flexibility index (Phi) is 4.20. The topological polar surface area (TPSA) is 47.3 Å². The van der Waals surface area contributed by atoms with Crippen molar-refractivity contribution in [2.75, 3.05) is 18.5 Å². The molecule has 1 fully saturated rings. The highest BCUT2D eigenvalue weighted by molar-refractivity contribution is 7.80. The van der Waals surface area contributed by atoms with Gasteiger partial charge in [-0.3, -0.25) is 0 Å². The molecule has 0 aliphatic carbocycles. The highest BCUT2D eigenvalue weighted by Crippen LogP contribution is 2.25. The maximum absolute atomic E-state index is 6.18. The van der Waals surface area contributed by atoms with Gasteiger partial charge < -0.3 is 15.8 Å². The lowest BCUT2D eigenvalue weighted by Gasteiger charge is -2.24. The van der Waals surface area contributed by atoms with Crippen molar-refractivity contribution in [2.24, 2.45) is 5.73 Å². The first-order valence-corrected chi connectivity index (χ1v) is 6.39. The van der Waals surface area contributed by atoms with Gasteiger partial charge in [0.15, 0.2) is 0 Å². The quantitative estimate of drug-likeness (QED) is 0.829. The van der Waals surface area contributed by atoms with E-state index in [1.807, 2.05) is 12.1 Å². The van der Waals surface area contributed by atoms with E-state index in [9.17, 15) is 0 Å². The van der Waals surface area contributed by atoms with Crippen LogP contribution in [0.2, 0.25) is 5.02 Å². The summed E-state index contributed by atoms with van der Waals surface area (Å²) in [6.07, 6.45) is 2.01. The van der Waals surface area contributed by atoms with Crippen molar-refractivity contribution >= 4 is 34.5 Å². The third kappa shape index (κ3) is 3.31. The molecule has 3 N–H and O–H groups in total. The van der Waals surface area contributed by atoms with Crippen LogP contribution in [-0.4, -0.2) is 24.2 Å². The summed E-state index contributed by atoms with van der Waals surface area (Å²) in [6, 6.07) is 6.03. The van der Waals surface area contributed by atoms with Gasteiger partial charge in [-0.1, -0.05) is 23.8 Å². The molecule has 5 heteroatoms. The number of benzene rings is 1. The van der Waals surface area contributed by atoms with Crippen molar-refractivity contribution in [3.8, 4) is 0 Å². The highest BCUT2D eigenvalue weighted by Gasteiger charge is 2.14. The molecule has 17 heavy (non-hydrogen) atoms. The monoisotopic (exact) mass is 270 g/mol. The number of rotatable bonds is 3. The van der Waals surface area contributed by atoms with Crippen molar-refractivity contribution < 1.29 is 4.74 Å². The van der Waals surface area contributed by atoms with E-state index in [-0.39, 0.29) is 0 Å². The number of anilines is 1. The van der Waals surface area contributed by atoms with Crippen LogP contribution in [-0.2, 0) is 4.74 Å². The van der Waals surface area contributed by atoms with E-state index < -0.39 is 0 Å². The maximum Gasteiger partial charge on any atom is 0.104 e. The van der Waals surface area contributed by atoms with E-state index in [1.165, 1.54) is 0 Å². The van der Waals surface area contributed by atoms with Crippen LogP contribution in [0.25, 0.3) is 0 Å². The van der Waals surface area contributed by atoms with E-state index in [4.69, 9.17) is 34.3 Å². The molecule has 1 aromatic carbocycles. The average Bonchev–Trinajstić information content (AvgIpc) is 2.33. The summed E-state index contributed by atoms with van der Waals surface area (Å²) in [5, 5.41) is 4.07. The number of halogens is 1. The molecule has 0 atom stereocenters. The summed E-state index contributed by atoms with van der Waals surface area (Å²) in [5.74, 6) is 0. The third-order valence-corrected chi connectivity index (χ3v) is 3.38. The fraction of sp³-hybridized carbons (Fsp3) is 0.417. The van der Waals surface area contributed by atoms with E-state index in [1.54, 1.807) is 6.07 Å². The van der Waals surface area contributed by atoms with E-state index in [0.717, 1.165) is 37.3 Å². The smallest absolute Gasteiger partial charge is 0.104 e. The second-order valence-electron chi connectivity index (χ2n) is 4.09. The predicted octanol–water partition coefficient (Wildman–Crippen LogP) is 2.57. The molecule has 1 aromatic rings. The van der Waals surface area contributed by atoms with Gasteiger partial charge in [0.1, 0.15) is 4.99 Å². The molecular formula is C12H15ClN2OS. The molecular weight excluding hydrogens is 256 g/mol. The Bertz CT molecular complexity index is 419. The van der Waals surface area contributed by atoms with Crippen molar-refractivity contribution in [3.63, 3.8) is 0 Å². The summed E-state index contributed by atoms with van der Waals surface area (Å²) in [6.45, 7) is 1.61. The summed E-state index contributed by atoms with van der Waals surface area (Å²) >= 11 is 11.1. The van der Waals surface area contributed by atoms with Gasteiger partial charge in [0.05, 0.1) is 10.7 Å². The molecule has 0 bridgehead atoms. The normalized spacial score (nSPS) is 16.8. The second kappa shape index (κ2) is 5.67. The Morgan fingerprint density at radius 1 is 1.41 bits per heavy atom. The van der Waals surface area contributed by atoms with Crippen molar-refractivity contribution in [3.05, 3.63) is 28.8 Å². The zero-order valence-electron chi connectivity index (χ0n) is 9.41. The molecule has 1 heterocycles. The van der Waals surface area contributed by atoms with E-state index >= 15 is 0 Å². The SMILES string of the molecule is NC(=S)c1ccc(NC2CCOCC2)c(Cl)c1. The van der Waals surface area contributed by atoms with E-state index in [2.05, 4.69) is 5.32 Å². The lowest BCUT2D eigenvalue weighted by molar-refractivity contribution is 0.0904. The first kappa shape index (κ1) is 12.6. The zero-order chi connectivity index (χ0) is 12.3. The van der Waals surface area contributed by atoms with Crippen LogP contribution in [0.1, 0.15) is 18.4 Å². The molecule has 92 valence electrons. The van der Waals surface area contributed by atoms with Crippen molar-refractivity contribution in [1.29, 1.82) is 0 Å². The van der Waals surface area contributed by atoms with E-state index in [0.29, 0.717) is 16.1 Å². The molecule has 0 unspecified atom stereocenters. The van der Waals surface area contributed by atoms with Crippen LogP contribution in [0.4, 0.5) is 5.69 Å². The van der Waals surface area contributed by atoms with Gasteiger partial charge in [0.25, 0.3) is 0 Å². The Hall–Kier alpha value is -0.840. The molecule has 0 saturated carbocycles. The fourth-order valence-electron chi connectivity index (χ4n) is 1.85. The van der Waals surface area contributed by atoms with Crippen LogP contribution in [0.5, 0.6) is 0 Å². The first-order chi connectivity index (χ1) is 8.16. The molecule has 0 aromatic heterocycles.